The molecule has 1 aliphatic rings. The summed E-state index contributed by atoms with van der Waals surface area (Å²) in [7, 11) is 0. The quantitative estimate of drug-likeness (QED) is 0.655. The lowest BCUT2D eigenvalue weighted by molar-refractivity contribution is 0.102. The second-order valence-electron chi connectivity index (χ2n) is 8.14. The maximum Gasteiger partial charge on any atom is 0.274 e. The maximum absolute atomic E-state index is 12.8. The predicted molar refractivity (Wildman–Crippen MR) is 113 cm³/mol. The Balaban J connectivity index is 1.58. The number of nitrogens with zero attached hydrogens (tertiary/aromatic N) is 4. The van der Waals surface area contributed by atoms with E-state index in [9.17, 15) is 9.59 Å². The Hall–Kier alpha value is -2.96. The molecule has 152 valence electrons. The van der Waals surface area contributed by atoms with Crippen LogP contribution in [-0.2, 0) is 5.54 Å². The van der Waals surface area contributed by atoms with Crippen molar-refractivity contribution in [3.63, 3.8) is 0 Å². The van der Waals surface area contributed by atoms with Crippen molar-refractivity contribution in [1.29, 1.82) is 0 Å². The van der Waals surface area contributed by atoms with Gasteiger partial charge in [-0.2, -0.15) is 5.10 Å². The molecule has 3 aromatic rings. The molecule has 1 N–H and O–H groups in total. The molecule has 7 nitrogen and oxygen atoms in total. The van der Waals surface area contributed by atoms with Crippen LogP contribution in [0.3, 0.4) is 0 Å². The topological polar surface area (TPSA) is 81.8 Å². The van der Waals surface area contributed by atoms with Gasteiger partial charge in [0.1, 0.15) is 5.69 Å². The van der Waals surface area contributed by atoms with Crippen molar-refractivity contribution in [3.8, 4) is 0 Å². The third-order valence-electron chi connectivity index (χ3n) is 5.86. The second-order valence-corrected chi connectivity index (χ2v) is 8.14. The van der Waals surface area contributed by atoms with Crippen molar-refractivity contribution in [1.82, 2.24) is 19.3 Å². The van der Waals surface area contributed by atoms with Crippen molar-refractivity contribution in [3.05, 3.63) is 52.7 Å². The zero-order chi connectivity index (χ0) is 20.6. The minimum Gasteiger partial charge on any atom is -0.317 e. The van der Waals surface area contributed by atoms with E-state index in [0.717, 1.165) is 37.5 Å². The lowest BCUT2D eigenvalue weighted by Gasteiger charge is -2.14. The molecule has 1 unspecified atom stereocenters. The third kappa shape index (κ3) is 3.69. The largest absolute Gasteiger partial charge is 0.317 e. The molecule has 0 aromatic carbocycles. The summed E-state index contributed by atoms with van der Waals surface area (Å²) in [4.78, 5) is 29.8. The summed E-state index contributed by atoms with van der Waals surface area (Å²) in [6.07, 6.45) is 10.3. The first-order valence-corrected chi connectivity index (χ1v) is 10.3. The number of aromatic nitrogens is 4. The van der Waals surface area contributed by atoms with Gasteiger partial charge in [0.25, 0.3) is 11.5 Å². The number of amides is 1. The van der Waals surface area contributed by atoms with Crippen molar-refractivity contribution in [2.24, 2.45) is 0 Å². The van der Waals surface area contributed by atoms with Gasteiger partial charge in [0.15, 0.2) is 5.65 Å². The molecule has 0 radical (unpaired) electrons. The van der Waals surface area contributed by atoms with Crippen LogP contribution in [0.5, 0.6) is 0 Å². The number of carbonyl (C=O) groups excluding carboxylic acids is 1. The number of hydrogen-bond donors (Lipinski definition) is 1. The van der Waals surface area contributed by atoms with Crippen molar-refractivity contribution in [2.45, 2.75) is 64.5 Å². The molecule has 7 heteroatoms. The van der Waals surface area contributed by atoms with E-state index in [1.54, 1.807) is 29.0 Å². The minimum atomic E-state index is -0.344. The van der Waals surface area contributed by atoms with Crippen molar-refractivity contribution < 1.29 is 4.79 Å². The van der Waals surface area contributed by atoms with Crippen molar-refractivity contribution >= 4 is 22.6 Å². The first-order valence-electron chi connectivity index (χ1n) is 10.3. The average Bonchev–Trinajstić information content (AvgIpc) is 3.32. The van der Waals surface area contributed by atoms with Gasteiger partial charge in [-0.1, -0.05) is 20.3 Å². The van der Waals surface area contributed by atoms with Crippen LogP contribution in [0.2, 0.25) is 0 Å². The van der Waals surface area contributed by atoms with Gasteiger partial charge in [-0.05, 0) is 50.8 Å². The second kappa shape index (κ2) is 7.46. The van der Waals surface area contributed by atoms with Gasteiger partial charge in [0.2, 0.25) is 0 Å². The molecule has 1 amide bonds. The number of nitrogens with one attached hydrogen (secondary N) is 1. The molecule has 0 saturated heterocycles. The molecule has 1 atom stereocenters. The van der Waals surface area contributed by atoms with Gasteiger partial charge < -0.3 is 9.88 Å². The Morgan fingerprint density at radius 2 is 2.14 bits per heavy atom. The van der Waals surface area contributed by atoms with E-state index in [1.807, 2.05) is 10.9 Å². The van der Waals surface area contributed by atoms with Gasteiger partial charge in [-0.3, -0.25) is 14.3 Å². The van der Waals surface area contributed by atoms with E-state index in [2.05, 4.69) is 36.2 Å². The molecule has 3 heterocycles. The molecule has 4 rings (SSSR count). The summed E-state index contributed by atoms with van der Waals surface area (Å²) in [5.74, 6) is -0.344. The van der Waals surface area contributed by atoms with Crippen LogP contribution >= 0.6 is 0 Å². The Morgan fingerprint density at radius 1 is 1.34 bits per heavy atom. The first-order chi connectivity index (χ1) is 13.9. The third-order valence-corrected chi connectivity index (χ3v) is 5.86. The molecular weight excluding hydrogens is 366 g/mol. The van der Waals surface area contributed by atoms with E-state index in [1.165, 1.54) is 6.20 Å². The highest BCUT2D eigenvalue weighted by molar-refractivity contribution is 6.05. The Bertz CT molecular complexity index is 1110. The van der Waals surface area contributed by atoms with Crippen molar-refractivity contribution in [2.75, 3.05) is 5.32 Å². The van der Waals surface area contributed by atoms with Gasteiger partial charge in [0, 0.05) is 29.5 Å². The van der Waals surface area contributed by atoms with Gasteiger partial charge in [0.05, 0.1) is 11.6 Å². The lowest BCUT2D eigenvalue weighted by atomic mass is 10.1. The van der Waals surface area contributed by atoms with Crippen LogP contribution in [-0.4, -0.2) is 25.2 Å². The van der Waals surface area contributed by atoms with Crippen LogP contribution in [0.4, 0.5) is 5.69 Å². The molecular formula is C22H27N5O2. The number of anilines is 1. The van der Waals surface area contributed by atoms with Crippen LogP contribution in [0.1, 0.15) is 69.3 Å². The highest BCUT2D eigenvalue weighted by Crippen LogP contribution is 2.41. The maximum atomic E-state index is 12.8. The highest BCUT2D eigenvalue weighted by Gasteiger charge is 2.40. The highest BCUT2D eigenvalue weighted by atomic mass is 16.2. The summed E-state index contributed by atoms with van der Waals surface area (Å²) >= 11 is 0. The number of fused-ring (bicyclic) bond motifs is 1. The Kier molecular flexibility index (Phi) is 4.98. The van der Waals surface area contributed by atoms with E-state index in [4.69, 9.17) is 0 Å². The number of pyridine rings is 2. The molecule has 0 bridgehead atoms. The summed E-state index contributed by atoms with van der Waals surface area (Å²) in [5.41, 5.74) is 1.03. The lowest BCUT2D eigenvalue weighted by Crippen LogP contribution is -2.30. The fraction of sp³-hybridized carbons (Fsp3) is 0.455. The fourth-order valence-corrected chi connectivity index (χ4v) is 3.73. The summed E-state index contributed by atoms with van der Waals surface area (Å²) in [6, 6.07) is 5.55. The normalized spacial score (nSPS) is 16.0. The number of carbonyl (C=O) groups is 1. The van der Waals surface area contributed by atoms with E-state index in [0.29, 0.717) is 17.3 Å². The van der Waals surface area contributed by atoms with Crippen LogP contribution in [0, 0.1) is 0 Å². The fourth-order valence-electron chi connectivity index (χ4n) is 3.73. The number of rotatable bonds is 7. The van der Waals surface area contributed by atoms with Crippen LogP contribution < -0.4 is 10.9 Å². The molecule has 3 aromatic heterocycles. The van der Waals surface area contributed by atoms with Crippen LogP contribution in [0.15, 0.2) is 41.6 Å². The molecule has 1 fully saturated rings. The molecule has 0 aliphatic heterocycles. The molecule has 1 aliphatic carbocycles. The minimum absolute atomic E-state index is 0.124. The smallest absolute Gasteiger partial charge is 0.274 e. The average molecular weight is 393 g/mol. The standard InChI is InChI=1S/C22H27N5O2/c1-4-7-17(5-2)27-14-16-12-15(13-23-19(16)25-27)20(28)24-18-8-6-11-26(21(18)29)22(3)9-10-22/h6,8,11-14,17H,4-5,7,9-10H2,1-3H3,(H,24,28). The monoisotopic (exact) mass is 393 g/mol. The summed E-state index contributed by atoms with van der Waals surface area (Å²) in [5, 5.41) is 8.14. The Morgan fingerprint density at radius 3 is 2.83 bits per heavy atom. The van der Waals surface area contributed by atoms with E-state index >= 15 is 0 Å². The SMILES string of the molecule is CCCC(CC)n1cc2cc(C(=O)Nc3cccn(C4(C)CC4)c3=O)cnc2n1. The van der Waals surface area contributed by atoms with Gasteiger partial charge in [-0.15, -0.1) is 0 Å². The van der Waals surface area contributed by atoms with Gasteiger partial charge in [-0.25, -0.2) is 4.98 Å². The van der Waals surface area contributed by atoms with E-state index < -0.39 is 0 Å². The molecule has 1 saturated carbocycles. The predicted octanol–water partition coefficient (Wildman–Crippen LogP) is 4.11. The van der Waals surface area contributed by atoms with E-state index in [-0.39, 0.29) is 22.7 Å². The zero-order valence-electron chi connectivity index (χ0n) is 17.2. The summed E-state index contributed by atoms with van der Waals surface area (Å²) < 4.78 is 3.67. The summed E-state index contributed by atoms with van der Waals surface area (Å²) in [6.45, 7) is 6.36. The Labute approximate surface area is 169 Å². The van der Waals surface area contributed by atoms with Crippen LogP contribution in [0.25, 0.3) is 11.0 Å². The zero-order valence-corrected chi connectivity index (χ0v) is 17.2. The van der Waals surface area contributed by atoms with Gasteiger partial charge >= 0.3 is 0 Å². The molecule has 29 heavy (non-hydrogen) atoms. The first kappa shape index (κ1) is 19.4. The number of hydrogen-bond acceptors (Lipinski definition) is 4. The molecule has 0 spiro atoms.